The summed E-state index contributed by atoms with van der Waals surface area (Å²) in [6, 6.07) is 6.89. The molecule has 1 unspecified atom stereocenters. The summed E-state index contributed by atoms with van der Waals surface area (Å²) in [5.41, 5.74) is 1.27. The van der Waals surface area contributed by atoms with Crippen LogP contribution in [0.15, 0.2) is 24.3 Å². The highest BCUT2D eigenvalue weighted by Gasteiger charge is 2.32. The molecule has 1 aromatic carbocycles. The molecule has 0 saturated carbocycles. The van der Waals surface area contributed by atoms with Gasteiger partial charge in [-0.25, -0.2) is 0 Å². The van der Waals surface area contributed by atoms with Gasteiger partial charge in [0.05, 0.1) is 0 Å². The SMILES string of the molecule is CC(=O)c1cccc(NC(=O)[C@H](C)[NH+]2C[C@@H](C)O[C@@H](C)C2)c1. The molecule has 1 aliphatic heterocycles. The highest BCUT2D eigenvalue weighted by Crippen LogP contribution is 2.11. The van der Waals surface area contributed by atoms with Crippen LogP contribution in [0.5, 0.6) is 0 Å². The second kappa shape index (κ2) is 7.03. The molecule has 0 aliphatic carbocycles. The molecule has 5 nitrogen and oxygen atoms in total. The van der Waals surface area contributed by atoms with Crippen molar-refractivity contribution >= 4 is 17.4 Å². The van der Waals surface area contributed by atoms with Crippen molar-refractivity contribution in [2.45, 2.75) is 45.9 Å². The number of carbonyl (C=O) groups excluding carboxylic acids is 2. The standard InChI is InChI=1S/C17H24N2O3/c1-11-9-19(10-12(2)22-11)13(3)17(21)18-16-7-5-6-15(8-16)14(4)20/h5-8,11-13H,9-10H2,1-4H3,(H,18,21)/p+1/t11-,12+,13-/m0/s1. The van der Waals surface area contributed by atoms with Crippen molar-refractivity contribution in [2.24, 2.45) is 0 Å². The summed E-state index contributed by atoms with van der Waals surface area (Å²) in [7, 11) is 0. The number of quaternary nitrogens is 1. The molecule has 4 atom stereocenters. The number of benzene rings is 1. The fourth-order valence-electron chi connectivity index (χ4n) is 2.92. The topological polar surface area (TPSA) is 59.8 Å². The lowest BCUT2D eigenvalue weighted by atomic mass is 10.1. The van der Waals surface area contributed by atoms with Gasteiger partial charge in [0.15, 0.2) is 11.8 Å². The average Bonchev–Trinajstić information content (AvgIpc) is 2.45. The van der Waals surface area contributed by atoms with Gasteiger partial charge < -0.3 is 15.0 Å². The van der Waals surface area contributed by atoms with E-state index in [1.807, 2.05) is 20.8 Å². The average molecular weight is 305 g/mol. The molecule has 0 aromatic heterocycles. The highest BCUT2D eigenvalue weighted by molar-refractivity contribution is 5.97. The van der Waals surface area contributed by atoms with Crippen LogP contribution in [0.4, 0.5) is 5.69 Å². The van der Waals surface area contributed by atoms with E-state index in [4.69, 9.17) is 4.74 Å². The Bertz CT molecular complexity index is 549. The first kappa shape index (κ1) is 16.6. The molecule has 1 aliphatic rings. The maximum absolute atomic E-state index is 12.4. The van der Waals surface area contributed by atoms with Crippen LogP contribution in [0.1, 0.15) is 38.1 Å². The van der Waals surface area contributed by atoms with E-state index in [9.17, 15) is 9.59 Å². The number of rotatable bonds is 4. The van der Waals surface area contributed by atoms with E-state index in [0.717, 1.165) is 13.1 Å². The van der Waals surface area contributed by atoms with Crippen molar-refractivity contribution in [3.8, 4) is 0 Å². The van der Waals surface area contributed by atoms with Crippen molar-refractivity contribution in [1.82, 2.24) is 0 Å². The van der Waals surface area contributed by atoms with Gasteiger partial charge in [0.25, 0.3) is 5.91 Å². The van der Waals surface area contributed by atoms with Gasteiger partial charge in [-0.1, -0.05) is 12.1 Å². The molecule has 1 amide bonds. The third kappa shape index (κ3) is 4.15. The zero-order valence-corrected chi connectivity index (χ0v) is 13.7. The van der Waals surface area contributed by atoms with Crippen LogP contribution in [0.25, 0.3) is 0 Å². The largest absolute Gasteiger partial charge is 0.364 e. The fraction of sp³-hybridized carbons (Fsp3) is 0.529. The molecule has 2 rings (SSSR count). The zero-order valence-electron chi connectivity index (χ0n) is 13.7. The summed E-state index contributed by atoms with van der Waals surface area (Å²) in [6.07, 6.45) is 0.324. The van der Waals surface area contributed by atoms with Gasteiger partial charge in [0.1, 0.15) is 25.3 Å². The maximum Gasteiger partial charge on any atom is 0.282 e. The summed E-state index contributed by atoms with van der Waals surface area (Å²) >= 11 is 0. The van der Waals surface area contributed by atoms with Gasteiger partial charge in [0, 0.05) is 11.3 Å². The molecule has 1 saturated heterocycles. The molecule has 2 N–H and O–H groups in total. The van der Waals surface area contributed by atoms with Gasteiger partial charge in [-0.3, -0.25) is 9.59 Å². The minimum Gasteiger partial charge on any atom is -0.364 e. The van der Waals surface area contributed by atoms with Crippen molar-refractivity contribution in [1.29, 1.82) is 0 Å². The number of hydrogen-bond acceptors (Lipinski definition) is 3. The Morgan fingerprint density at radius 3 is 2.50 bits per heavy atom. The Hall–Kier alpha value is -1.72. The molecule has 1 fully saturated rings. The lowest BCUT2D eigenvalue weighted by molar-refractivity contribution is -0.928. The van der Waals surface area contributed by atoms with Crippen molar-refractivity contribution < 1.29 is 19.2 Å². The highest BCUT2D eigenvalue weighted by atomic mass is 16.5. The smallest absolute Gasteiger partial charge is 0.282 e. The first-order chi connectivity index (χ1) is 10.4. The number of Topliss-reactive ketones (excluding diaryl/α,β-unsaturated/α-hetero) is 1. The minimum atomic E-state index is -0.158. The third-order valence-corrected chi connectivity index (χ3v) is 4.11. The number of nitrogens with one attached hydrogen (secondary N) is 2. The Morgan fingerprint density at radius 1 is 1.27 bits per heavy atom. The van der Waals surface area contributed by atoms with E-state index in [2.05, 4.69) is 5.32 Å². The van der Waals surface area contributed by atoms with Gasteiger partial charge in [-0.05, 0) is 39.8 Å². The fourth-order valence-corrected chi connectivity index (χ4v) is 2.92. The van der Waals surface area contributed by atoms with Crippen molar-refractivity contribution in [3.05, 3.63) is 29.8 Å². The normalized spacial score (nSPS) is 26.3. The van der Waals surface area contributed by atoms with Crippen molar-refractivity contribution in [2.75, 3.05) is 18.4 Å². The van der Waals surface area contributed by atoms with E-state index in [0.29, 0.717) is 11.3 Å². The first-order valence-corrected chi connectivity index (χ1v) is 7.78. The zero-order chi connectivity index (χ0) is 16.3. The molecule has 0 bridgehead atoms. The Labute approximate surface area is 131 Å². The number of anilines is 1. The van der Waals surface area contributed by atoms with Gasteiger partial charge >= 0.3 is 0 Å². The molecular formula is C17H25N2O3+. The minimum absolute atomic E-state index is 0.00870. The summed E-state index contributed by atoms with van der Waals surface area (Å²) in [5, 5.41) is 2.91. The van der Waals surface area contributed by atoms with E-state index < -0.39 is 0 Å². The first-order valence-electron chi connectivity index (χ1n) is 7.78. The second-order valence-corrected chi connectivity index (χ2v) is 6.17. The predicted octanol–water partition coefficient (Wildman–Crippen LogP) is 0.908. The number of amides is 1. The molecule has 0 radical (unpaired) electrons. The van der Waals surface area contributed by atoms with Gasteiger partial charge in [-0.2, -0.15) is 0 Å². The lowest BCUT2D eigenvalue weighted by Gasteiger charge is -2.35. The van der Waals surface area contributed by atoms with Crippen LogP contribution in [0.2, 0.25) is 0 Å². The number of carbonyl (C=O) groups is 2. The lowest BCUT2D eigenvalue weighted by Crippen LogP contribution is -3.19. The summed E-state index contributed by atoms with van der Waals surface area (Å²) in [5.74, 6) is -0.0393. The molecular weight excluding hydrogens is 280 g/mol. The quantitative estimate of drug-likeness (QED) is 0.813. The Balaban J connectivity index is 2.02. The van der Waals surface area contributed by atoms with Crippen LogP contribution in [0, 0.1) is 0 Å². The van der Waals surface area contributed by atoms with Crippen LogP contribution in [-0.2, 0) is 9.53 Å². The maximum atomic E-state index is 12.4. The van der Waals surface area contributed by atoms with E-state index in [1.165, 1.54) is 11.8 Å². The summed E-state index contributed by atoms with van der Waals surface area (Å²) < 4.78 is 5.72. The van der Waals surface area contributed by atoms with Gasteiger partial charge in [0.2, 0.25) is 0 Å². The molecule has 0 spiro atoms. The predicted molar refractivity (Wildman–Crippen MR) is 85.2 cm³/mol. The molecule has 5 heteroatoms. The van der Waals surface area contributed by atoms with Crippen LogP contribution in [-0.4, -0.2) is 43.0 Å². The molecule has 1 aromatic rings. The second-order valence-electron chi connectivity index (χ2n) is 6.17. The van der Waals surface area contributed by atoms with E-state index >= 15 is 0 Å². The third-order valence-electron chi connectivity index (χ3n) is 4.11. The van der Waals surface area contributed by atoms with Crippen LogP contribution < -0.4 is 10.2 Å². The Morgan fingerprint density at radius 2 is 1.91 bits per heavy atom. The van der Waals surface area contributed by atoms with Crippen LogP contribution >= 0.6 is 0 Å². The number of hydrogen-bond donors (Lipinski definition) is 2. The molecule has 22 heavy (non-hydrogen) atoms. The van der Waals surface area contributed by atoms with Crippen LogP contribution in [0.3, 0.4) is 0 Å². The number of ketones is 1. The van der Waals surface area contributed by atoms with E-state index in [1.54, 1.807) is 24.3 Å². The van der Waals surface area contributed by atoms with Gasteiger partial charge in [-0.15, -0.1) is 0 Å². The molecule has 120 valence electrons. The Kier molecular flexibility index (Phi) is 5.32. The molecule has 1 heterocycles. The monoisotopic (exact) mass is 305 g/mol. The van der Waals surface area contributed by atoms with E-state index in [-0.39, 0.29) is 29.9 Å². The number of morpholine rings is 1. The summed E-state index contributed by atoms with van der Waals surface area (Å²) in [4.78, 5) is 25.1. The number of ether oxygens (including phenoxy) is 1. The summed E-state index contributed by atoms with van der Waals surface area (Å²) in [6.45, 7) is 9.18. The van der Waals surface area contributed by atoms with Crippen molar-refractivity contribution in [3.63, 3.8) is 0 Å².